The number of rotatable bonds is 6. The molecule has 1 heterocycles. The highest BCUT2D eigenvalue weighted by atomic mass is 35.5. The van der Waals surface area contributed by atoms with Gasteiger partial charge in [0.2, 0.25) is 5.91 Å². The molecule has 0 bridgehead atoms. The number of amides is 1. The van der Waals surface area contributed by atoms with Crippen LogP contribution >= 0.6 is 11.6 Å². The van der Waals surface area contributed by atoms with Gasteiger partial charge >= 0.3 is 0 Å². The summed E-state index contributed by atoms with van der Waals surface area (Å²) >= 11 is 5.94. The Balaban J connectivity index is 1.71. The lowest BCUT2D eigenvalue weighted by Crippen LogP contribution is -2.35. The van der Waals surface area contributed by atoms with Crippen LogP contribution in [0.25, 0.3) is 6.08 Å². The molecule has 1 amide bonds. The van der Waals surface area contributed by atoms with E-state index in [-0.39, 0.29) is 17.8 Å². The second-order valence-corrected chi connectivity index (χ2v) is 6.80. The van der Waals surface area contributed by atoms with E-state index in [9.17, 15) is 9.18 Å². The van der Waals surface area contributed by atoms with Crippen molar-refractivity contribution in [2.75, 3.05) is 13.2 Å². The van der Waals surface area contributed by atoms with Gasteiger partial charge in [-0.15, -0.1) is 0 Å². The summed E-state index contributed by atoms with van der Waals surface area (Å²) in [5.41, 5.74) is 1.79. The molecule has 1 atom stereocenters. The summed E-state index contributed by atoms with van der Waals surface area (Å²) in [6.45, 7) is 1.79. The molecule has 26 heavy (non-hydrogen) atoms. The summed E-state index contributed by atoms with van der Waals surface area (Å²) in [4.78, 5) is 14.5. The Labute approximate surface area is 158 Å². The molecule has 5 heteroatoms. The summed E-state index contributed by atoms with van der Waals surface area (Å²) in [5.74, 6) is -0.393. The maximum atomic E-state index is 13.0. The smallest absolute Gasteiger partial charge is 0.246 e. The van der Waals surface area contributed by atoms with Gasteiger partial charge in [0.25, 0.3) is 0 Å². The zero-order chi connectivity index (χ0) is 18.4. The Morgan fingerprint density at radius 3 is 2.58 bits per heavy atom. The molecule has 0 N–H and O–H groups in total. The number of benzene rings is 2. The third kappa shape index (κ3) is 5.41. The second-order valence-electron chi connectivity index (χ2n) is 6.37. The van der Waals surface area contributed by atoms with Crippen LogP contribution in [0.5, 0.6) is 0 Å². The molecule has 1 aliphatic rings. The highest BCUT2D eigenvalue weighted by Gasteiger charge is 2.21. The van der Waals surface area contributed by atoms with Crippen LogP contribution in [0, 0.1) is 5.82 Å². The van der Waals surface area contributed by atoms with Crippen LogP contribution in [0.3, 0.4) is 0 Å². The lowest BCUT2D eigenvalue weighted by molar-refractivity contribution is -0.128. The van der Waals surface area contributed by atoms with Crippen molar-refractivity contribution >= 4 is 23.6 Å². The number of hydrogen-bond acceptors (Lipinski definition) is 2. The first-order valence-corrected chi connectivity index (χ1v) is 9.06. The van der Waals surface area contributed by atoms with Crippen molar-refractivity contribution < 1.29 is 13.9 Å². The molecule has 1 fully saturated rings. The molecular weight excluding hydrogens is 353 g/mol. The Hall–Kier alpha value is -2.17. The Kier molecular flexibility index (Phi) is 6.42. The van der Waals surface area contributed by atoms with E-state index in [1.165, 1.54) is 18.2 Å². The van der Waals surface area contributed by atoms with Crippen LogP contribution in [-0.2, 0) is 16.1 Å². The molecule has 0 spiro atoms. The van der Waals surface area contributed by atoms with E-state index >= 15 is 0 Å². The first-order chi connectivity index (χ1) is 12.6. The van der Waals surface area contributed by atoms with E-state index in [1.807, 2.05) is 24.3 Å². The molecule has 2 aromatic carbocycles. The van der Waals surface area contributed by atoms with E-state index < -0.39 is 0 Å². The maximum absolute atomic E-state index is 13.0. The SMILES string of the molecule is O=C(C=Cc1ccc(F)cc1)N(Cc1ccc(Cl)cc1)CC1CCCO1. The number of ether oxygens (including phenoxy) is 1. The molecule has 0 saturated carbocycles. The summed E-state index contributed by atoms with van der Waals surface area (Å²) in [5, 5.41) is 0.668. The summed E-state index contributed by atoms with van der Waals surface area (Å²) in [7, 11) is 0. The van der Waals surface area contributed by atoms with Gasteiger partial charge in [0.1, 0.15) is 5.82 Å². The summed E-state index contributed by atoms with van der Waals surface area (Å²) in [6, 6.07) is 13.5. The highest BCUT2D eigenvalue weighted by molar-refractivity contribution is 6.30. The molecule has 0 radical (unpaired) electrons. The minimum absolute atomic E-state index is 0.0745. The van der Waals surface area contributed by atoms with Crippen molar-refractivity contribution in [2.24, 2.45) is 0 Å². The third-order valence-corrected chi connectivity index (χ3v) is 4.59. The van der Waals surface area contributed by atoms with Crippen LogP contribution in [0.15, 0.2) is 54.6 Å². The largest absolute Gasteiger partial charge is 0.376 e. The average molecular weight is 374 g/mol. The fourth-order valence-corrected chi connectivity index (χ4v) is 3.05. The van der Waals surface area contributed by atoms with Gasteiger partial charge in [0, 0.05) is 30.8 Å². The number of hydrogen-bond donors (Lipinski definition) is 0. The van der Waals surface area contributed by atoms with Gasteiger partial charge in [-0.05, 0) is 54.3 Å². The zero-order valence-corrected chi connectivity index (χ0v) is 15.2. The topological polar surface area (TPSA) is 29.5 Å². The molecule has 2 aromatic rings. The van der Waals surface area contributed by atoms with Crippen molar-refractivity contribution in [2.45, 2.75) is 25.5 Å². The van der Waals surface area contributed by atoms with Crippen molar-refractivity contribution in [1.29, 1.82) is 0 Å². The van der Waals surface area contributed by atoms with Crippen molar-refractivity contribution in [3.8, 4) is 0 Å². The van der Waals surface area contributed by atoms with Crippen molar-refractivity contribution in [3.63, 3.8) is 0 Å². The van der Waals surface area contributed by atoms with E-state index in [0.29, 0.717) is 18.1 Å². The third-order valence-electron chi connectivity index (χ3n) is 4.33. The molecule has 136 valence electrons. The van der Waals surface area contributed by atoms with Crippen molar-refractivity contribution in [1.82, 2.24) is 4.90 Å². The zero-order valence-electron chi connectivity index (χ0n) is 14.4. The second kappa shape index (κ2) is 8.97. The quantitative estimate of drug-likeness (QED) is 0.687. The van der Waals surface area contributed by atoms with Crippen LogP contribution in [0.1, 0.15) is 24.0 Å². The Morgan fingerprint density at radius 1 is 1.19 bits per heavy atom. The fourth-order valence-electron chi connectivity index (χ4n) is 2.92. The number of halogens is 2. The molecule has 3 rings (SSSR count). The lowest BCUT2D eigenvalue weighted by Gasteiger charge is -2.24. The minimum atomic E-state index is -0.295. The van der Waals surface area contributed by atoms with Gasteiger partial charge in [-0.25, -0.2) is 4.39 Å². The van der Waals surface area contributed by atoms with E-state index in [1.54, 1.807) is 23.1 Å². The predicted octanol–water partition coefficient (Wildman–Crippen LogP) is 4.70. The number of nitrogens with zero attached hydrogens (tertiary/aromatic N) is 1. The van der Waals surface area contributed by atoms with E-state index in [0.717, 1.165) is 30.6 Å². The van der Waals surface area contributed by atoms with Gasteiger partial charge in [0.05, 0.1) is 6.10 Å². The predicted molar refractivity (Wildman–Crippen MR) is 101 cm³/mol. The molecule has 1 saturated heterocycles. The lowest BCUT2D eigenvalue weighted by atomic mass is 10.1. The molecule has 0 aromatic heterocycles. The van der Waals surface area contributed by atoms with Crippen LogP contribution in [-0.4, -0.2) is 30.1 Å². The summed E-state index contributed by atoms with van der Waals surface area (Å²) in [6.07, 6.45) is 5.29. The molecule has 3 nitrogen and oxygen atoms in total. The van der Waals surface area contributed by atoms with Crippen LogP contribution in [0.2, 0.25) is 5.02 Å². The van der Waals surface area contributed by atoms with Crippen LogP contribution in [0.4, 0.5) is 4.39 Å². The monoisotopic (exact) mass is 373 g/mol. The Morgan fingerprint density at radius 2 is 1.92 bits per heavy atom. The maximum Gasteiger partial charge on any atom is 0.246 e. The van der Waals surface area contributed by atoms with Gasteiger partial charge < -0.3 is 9.64 Å². The Bertz CT molecular complexity index is 753. The van der Waals surface area contributed by atoms with Crippen molar-refractivity contribution in [3.05, 3.63) is 76.6 Å². The first-order valence-electron chi connectivity index (χ1n) is 8.69. The van der Waals surface area contributed by atoms with E-state index in [2.05, 4.69) is 0 Å². The number of carbonyl (C=O) groups excluding carboxylic acids is 1. The van der Waals surface area contributed by atoms with Crippen LogP contribution < -0.4 is 0 Å². The van der Waals surface area contributed by atoms with Gasteiger partial charge in [-0.3, -0.25) is 4.79 Å². The highest BCUT2D eigenvalue weighted by Crippen LogP contribution is 2.17. The molecule has 1 unspecified atom stereocenters. The van der Waals surface area contributed by atoms with Gasteiger partial charge in [0.15, 0.2) is 0 Å². The summed E-state index contributed by atoms with van der Waals surface area (Å²) < 4.78 is 18.7. The standard InChI is InChI=1S/C21H21ClFNO2/c22-18-8-3-17(4-9-18)14-24(15-20-2-1-13-26-20)21(25)12-7-16-5-10-19(23)11-6-16/h3-12,20H,1-2,13-15H2. The molecular formula is C21H21ClFNO2. The molecule has 1 aliphatic heterocycles. The van der Waals surface area contributed by atoms with Gasteiger partial charge in [-0.1, -0.05) is 35.9 Å². The average Bonchev–Trinajstić information content (AvgIpc) is 3.15. The fraction of sp³-hybridized carbons (Fsp3) is 0.286. The first kappa shape index (κ1) is 18.6. The van der Waals surface area contributed by atoms with Gasteiger partial charge in [-0.2, -0.15) is 0 Å². The normalized spacial score (nSPS) is 16.9. The number of carbonyl (C=O) groups is 1. The molecule has 0 aliphatic carbocycles. The van der Waals surface area contributed by atoms with E-state index in [4.69, 9.17) is 16.3 Å². The minimum Gasteiger partial charge on any atom is -0.376 e.